The van der Waals surface area contributed by atoms with Gasteiger partial charge in [0.05, 0.1) is 0 Å². The van der Waals surface area contributed by atoms with Crippen molar-refractivity contribution in [1.82, 2.24) is 0 Å². The average Bonchev–Trinajstić information content (AvgIpc) is 1.87. The summed E-state index contributed by atoms with van der Waals surface area (Å²) in [6.45, 7) is 9.66. The fraction of sp³-hybridized carbons (Fsp3) is 0.889. The predicted octanol–water partition coefficient (Wildman–Crippen LogP) is 1.04. The Labute approximate surface area is 75.1 Å². The van der Waals surface area contributed by atoms with Gasteiger partial charge in [-0.2, -0.15) is 0 Å². The molecule has 3 N–H and O–H groups in total. The molecule has 0 aromatic rings. The van der Waals surface area contributed by atoms with Gasteiger partial charge >= 0.3 is 0 Å². The zero-order chi connectivity index (χ0) is 9.44. The van der Waals surface area contributed by atoms with Gasteiger partial charge in [0, 0.05) is 18.4 Å². The Morgan fingerprint density at radius 1 is 1.17 bits per heavy atom. The Kier molecular flexibility index (Phi) is 15.5. The molecule has 0 unspecified atom stereocenters. The fourth-order valence-electron chi connectivity index (χ4n) is 0.667. The van der Waals surface area contributed by atoms with Gasteiger partial charge in [0.15, 0.2) is 0 Å². The third-order valence-electron chi connectivity index (χ3n) is 1.14. The molecule has 3 heteroatoms. The van der Waals surface area contributed by atoms with Crippen LogP contribution in [0.1, 0.15) is 34.6 Å². The standard InChI is InChI=1S/C7H14O.C2H6O.H2O/c1-5(2)7(8)6(3)4;1-2-3;/h5-6H,1-4H3;3H,2H2,1H3;1H2. The van der Waals surface area contributed by atoms with Crippen molar-refractivity contribution in [2.45, 2.75) is 34.6 Å². The van der Waals surface area contributed by atoms with Crippen molar-refractivity contribution in [2.24, 2.45) is 11.8 Å². The van der Waals surface area contributed by atoms with Crippen LogP contribution < -0.4 is 0 Å². The highest BCUT2D eigenvalue weighted by Crippen LogP contribution is 2.03. The molecular weight excluding hydrogens is 156 g/mol. The van der Waals surface area contributed by atoms with E-state index in [0.29, 0.717) is 5.78 Å². The van der Waals surface area contributed by atoms with Crippen LogP contribution in [0.15, 0.2) is 0 Å². The van der Waals surface area contributed by atoms with Gasteiger partial charge in [-0.1, -0.05) is 27.7 Å². The lowest BCUT2D eigenvalue weighted by atomic mass is 9.99. The molecule has 0 saturated heterocycles. The zero-order valence-corrected chi connectivity index (χ0v) is 8.72. The van der Waals surface area contributed by atoms with Gasteiger partial charge in [0.1, 0.15) is 5.78 Å². The Balaban J connectivity index is -0.000000177. The molecule has 0 aliphatic heterocycles. The number of ketones is 1. The van der Waals surface area contributed by atoms with E-state index < -0.39 is 0 Å². The molecule has 0 fully saturated rings. The molecule has 0 rings (SSSR count). The molecule has 0 atom stereocenters. The number of rotatable bonds is 2. The van der Waals surface area contributed by atoms with Gasteiger partial charge in [0.2, 0.25) is 0 Å². The topological polar surface area (TPSA) is 68.8 Å². The minimum atomic E-state index is 0. The van der Waals surface area contributed by atoms with E-state index in [1.807, 2.05) is 27.7 Å². The SMILES string of the molecule is CC(C)C(=O)C(C)C.CCO.O. The Morgan fingerprint density at radius 3 is 1.33 bits per heavy atom. The molecule has 0 radical (unpaired) electrons. The first-order valence-electron chi connectivity index (χ1n) is 4.11. The molecule has 0 bridgehead atoms. The molecule has 76 valence electrons. The quantitative estimate of drug-likeness (QED) is 0.686. The van der Waals surface area contributed by atoms with Crippen LogP contribution in [0, 0.1) is 11.8 Å². The van der Waals surface area contributed by atoms with Crippen molar-refractivity contribution in [3.8, 4) is 0 Å². The largest absolute Gasteiger partial charge is 0.412 e. The number of carbonyl (C=O) groups is 1. The third kappa shape index (κ3) is 12.3. The lowest BCUT2D eigenvalue weighted by Crippen LogP contribution is -2.13. The summed E-state index contributed by atoms with van der Waals surface area (Å²) < 4.78 is 0. The van der Waals surface area contributed by atoms with E-state index in [9.17, 15) is 4.79 Å². The van der Waals surface area contributed by atoms with E-state index in [4.69, 9.17) is 5.11 Å². The highest BCUT2D eigenvalue weighted by molar-refractivity contribution is 5.81. The Hall–Kier alpha value is -0.410. The van der Waals surface area contributed by atoms with Crippen LogP contribution in [-0.4, -0.2) is 23.0 Å². The van der Waals surface area contributed by atoms with E-state index in [1.165, 1.54) is 0 Å². The van der Waals surface area contributed by atoms with Gasteiger partial charge < -0.3 is 10.6 Å². The highest BCUT2D eigenvalue weighted by Gasteiger charge is 2.09. The summed E-state index contributed by atoms with van der Waals surface area (Å²) in [5, 5.41) is 7.57. The summed E-state index contributed by atoms with van der Waals surface area (Å²) in [6.07, 6.45) is 0. The predicted molar refractivity (Wildman–Crippen MR) is 51.1 cm³/mol. The summed E-state index contributed by atoms with van der Waals surface area (Å²) in [6, 6.07) is 0. The third-order valence-corrected chi connectivity index (χ3v) is 1.14. The van der Waals surface area contributed by atoms with Gasteiger partial charge in [-0.25, -0.2) is 0 Å². The Morgan fingerprint density at radius 2 is 1.33 bits per heavy atom. The second-order valence-electron chi connectivity index (χ2n) is 3.03. The van der Waals surface area contributed by atoms with Crippen LogP contribution in [0.2, 0.25) is 0 Å². The number of hydrogen-bond donors (Lipinski definition) is 1. The first kappa shape index (κ1) is 17.6. The number of aliphatic hydroxyl groups excluding tert-OH is 1. The molecule has 0 aliphatic carbocycles. The van der Waals surface area contributed by atoms with Crippen molar-refractivity contribution in [3.63, 3.8) is 0 Å². The van der Waals surface area contributed by atoms with Crippen LogP contribution >= 0.6 is 0 Å². The van der Waals surface area contributed by atoms with E-state index in [0.717, 1.165) is 0 Å². The van der Waals surface area contributed by atoms with Crippen molar-refractivity contribution in [2.75, 3.05) is 6.61 Å². The van der Waals surface area contributed by atoms with Crippen molar-refractivity contribution >= 4 is 5.78 Å². The van der Waals surface area contributed by atoms with Crippen LogP contribution in [0.25, 0.3) is 0 Å². The van der Waals surface area contributed by atoms with Crippen molar-refractivity contribution < 1.29 is 15.4 Å². The smallest absolute Gasteiger partial charge is 0.137 e. The maximum atomic E-state index is 10.8. The van der Waals surface area contributed by atoms with Crippen LogP contribution in [0.3, 0.4) is 0 Å². The van der Waals surface area contributed by atoms with Crippen molar-refractivity contribution in [3.05, 3.63) is 0 Å². The summed E-state index contributed by atoms with van der Waals surface area (Å²) in [5.41, 5.74) is 0. The van der Waals surface area contributed by atoms with Crippen LogP contribution in [0.4, 0.5) is 0 Å². The summed E-state index contributed by atoms with van der Waals surface area (Å²) in [7, 11) is 0. The first-order chi connectivity index (χ1) is 4.97. The van der Waals surface area contributed by atoms with E-state index in [-0.39, 0.29) is 23.9 Å². The summed E-state index contributed by atoms with van der Waals surface area (Å²) in [5.74, 6) is 0.759. The molecule has 3 nitrogen and oxygen atoms in total. The summed E-state index contributed by atoms with van der Waals surface area (Å²) in [4.78, 5) is 10.8. The number of hydrogen-bond acceptors (Lipinski definition) is 2. The Bertz CT molecular complexity index is 87.9. The maximum absolute atomic E-state index is 10.8. The normalized spacial score (nSPS) is 8.67. The average molecular weight is 178 g/mol. The van der Waals surface area contributed by atoms with E-state index >= 15 is 0 Å². The van der Waals surface area contributed by atoms with Gasteiger partial charge in [-0.3, -0.25) is 4.79 Å². The molecule has 0 saturated carbocycles. The monoisotopic (exact) mass is 178 g/mol. The second-order valence-corrected chi connectivity index (χ2v) is 3.03. The van der Waals surface area contributed by atoms with E-state index in [1.54, 1.807) is 6.92 Å². The molecule has 0 spiro atoms. The lowest BCUT2D eigenvalue weighted by Gasteiger charge is -2.05. The van der Waals surface area contributed by atoms with Gasteiger partial charge in [0.25, 0.3) is 0 Å². The minimum absolute atomic E-state index is 0. The molecule has 0 amide bonds. The number of carbonyl (C=O) groups excluding carboxylic acids is 1. The highest BCUT2D eigenvalue weighted by atomic mass is 16.2. The molecule has 12 heavy (non-hydrogen) atoms. The van der Waals surface area contributed by atoms with Gasteiger partial charge in [-0.05, 0) is 6.92 Å². The maximum Gasteiger partial charge on any atom is 0.137 e. The second kappa shape index (κ2) is 10.6. The molecular formula is C9H22O3. The summed E-state index contributed by atoms with van der Waals surface area (Å²) >= 11 is 0. The molecule has 0 aromatic heterocycles. The zero-order valence-electron chi connectivity index (χ0n) is 8.72. The number of Topliss-reactive ketones (excluding diaryl/α,β-unsaturated/α-hetero) is 1. The van der Waals surface area contributed by atoms with Crippen LogP contribution in [0.5, 0.6) is 0 Å². The molecule has 0 aliphatic rings. The van der Waals surface area contributed by atoms with Crippen molar-refractivity contribution in [1.29, 1.82) is 0 Å². The number of aliphatic hydroxyl groups is 1. The fourth-order valence-corrected chi connectivity index (χ4v) is 0.667. The minimum Gasteiger partial charge on any atom is -0.412 e. The van der Waals surface area contributed by atoms with Gasteiger partial charge in [-0.15, -0.1) is 0 Å². The van der Waals surface area contributed by atoms with E-state index in [2.05, 4.69) is 0 Å². The lowest BCUT2D eigenvalue weighted by molar-refractivity contribution is -0.124. The molecule has 0 heterocycles. The molecule has 0 aromatic carbocycles. The first-order valence-corrected chi connectivity index (χ1v) is 4.11. The van der Waals surface area contributed by atoms with Crippen LogP contribution in [-0.2, 0) is 4.79 Å².